The van der Waals surface area contributed by atoms with Crippen molar-refractivity contribution in [2.45, 2.75) is 58.0 Å². The maximum absolute atomic E-state index is 13.3. The molecule has 4 aromatic rings. The van der Waals surface area contributed by atoms with Crippen LogP contribution in [0.5, 0.6) is 5.75 Å². The number of hydrogen-bond donors (Lipinski definition) is 1. The molecule has 0 saturated carbocycles. The fourth-order valence-corrected chi connectivity index (χ4v) is 6.33. The van der Waals surface area contributed by atoms with Crippen molar-refractivity contribution < 1.29 is 40.9 Å². The van der Waals surface area contributed by atoms with Crippen LogP contribution in [-0.2, 0) is 42.0 Å². The third-order valence-corrected chi connectivity index (χ3v) is 8.64. The van der Waals surface area contributed by atoms with Gasteiger partial charge in [0.15, 0.2) is 0 Å². The minimum atomic E-state index is -4.73. The number of fused-ring (bicyclic) bond motifs is 1. The second-order valence-corrected chi connectivity index (χ2v) is 14.3. The minimum absolute atomic E-state index is 0.131. The first kappa shape index (κ1) is 36.3. The molecular formula is C38H45NO9S. The van der Waals surface area contributed by atoms with Crippen molar-refractivity contribution in [3.63, 3.8) is 0 Å². The van der Waals surface area contributed by atoms with Crippen molar-refractivity contribution in [3.8, 4) is 5.75 Å². The summed E-state index contributed by atoms with van der Waals surface area (Å²) in [5.74, 6) is -0.267. The van der Waals surface area contributed by atoms with Crippen molar-refractivity contribution in [3.05, 3.63) is 114 Å². The zero-order valence-electron chi connectivity index (χ0n) is 28.2. The van der Waals surface area contributed by atoms with E-state index in [2.05, 4.69) is 6.07 Å². The Labute approximate surface area is 288 Å². The Morgan fingerprint density at radius 3 is 2.27 bits per heavy atom. The first-order valence-corrected chi connectivity index (χ1v) is 17.8. The smallest absolute Gasteiger partial charge is 0.410 e. The summed E-state index contributed by atoms with van der Waals surface area (Å²) >= 11 is 0. The van der Waals surface area contributed by atoms with Crippen LogP contribution in [0.4, 0.5) is 4.79 Å². The summed E-state index contributed by atoms with van der Waals surface area (Å²) in [4.78, 5) is 14.8. The predicted octanol–water partition coefficient (Wildman–Crippen LogP) is 7.18. The molecule has 0 spiro atoms. The van der Waals surface area contributed by atoms with Gasteiger partial charge in [0.2, 0.25) is 0 Å². The van der Waals surface area contributed by atoms with Gasteiger partial charge in [0.1, 0.15) is 11.4 Å². The summed E-state index contributed by atoms with van der Waals surface area (Å²) in [7, 11) is -4.73. The van der Waals surface area contributed by atoms with Crippen LogP contribution in [0.1, 0.15) is 49.8 Å². The third-order valence-electron chi connectivity index (χ3n) is 8.20. The van der Waals surface area contributed by atoms with Crippen LogP contribution >= 0.6 is 0 Å². The third kappa shape index (κ3) is 11.3. The lowest BCUT2D eigenvalue weighted by Gasteiger charge is -2.43. The maximum atomic E-state index is 13.3. The number of ether oxygens (including phenoxy) is 4. The van der Waals surface area contributed by atoms with E-state index in [1.807, 2.05) is 91.0 Å². The minimum Gasteiger partial charge on any atom is -0.494 e. The van der Waals surface area contributed by atoms with Gasteiger partial charge in [-0.2, -0.15) is 8.42 Å². The highest BCUT2D eigenvalue weighted by atomic mass is 32.3. The standard InChI is InChI=1S/C38H45NO9S/c1-38(2,3)48-37(40)39-23-33(27-47-49(41,42)43)36(35(24-39)46-26-29-14-15-30-12-7-8-13-32(30)22-29)31-16-18-34(19-17-31)45-21-9-20-44-25-28-10-5-4-6-11-28/h4-8,10-19,22,33,35-36H,9,20-21,23-27H2,1-3H3,(H,41,42,43). The van der Waals surface area contributed by atoms with E-state index in [1.165, 1.54) is 4.90 Å². The van der Waals surface area contributed by atoms with Crippen LogP contribution in [0.15, 0.2) is 97.1 Å². The molecule has 1 aliphatic heterocycles. The molecule has 1 amide bonds. The Morgan fingerprint density at radius 2 is 1.55 bits per heavy atom. The van der Waals surface area contributed by atoms with Crippen LogP contribution in [0, 0.1) is 5.92 Å². The molecule has 10 nitrogen and oxygen atoms in total. The van der Waals surface area contributed by atoms with E-state index in [-0.39, 0.29) is 32.2 Å². The second-order valence-electron chi connectivity index (χ2n) is 13.2. The second kappa shape index (κ2) is 16.6. The van der Waals surface area contributed by atoms with Gasteiger partial charge in [-0.05, 0) is 66.4 Å². The molecule has 1 N–H and O–H groups in total. The first-order valence-electron chi connectivity index (χ1n) is 16.5. The van der Waals surface area contributed by atoms with Crippen molar-refractivity contribution in [2.75, 3.05) is 32.9 Å². The molecule has 0 radical (unpaired) electrons. The van der Waals surface area contributed by atoms with Gasteiger partial charge in [-0.25, -0.2) is 8.98 Å². The molecule has 1 heterocycles. The van der Waals surface area contributed by atoms with Crippen molar-refractivity contribution in [2.24, 2.45) is 5.92 Å². The lowest BCUT2D eigenvalue weighted by molar-refractivity contribution is -0.0586. The number of piperidine rings is 1. The molecule has 1 fully saturated rings. The van der Waals surface area contributed by atoms with Crippen LogP contribution in [0.2, 0.25) is 0 Å². The molecule has 5 rings (SSSR count). The quantitative estimate of drug-likeness (QED) is 0.108. The molecule has 0 aromatic heterocycles. The Morgan fingerprint density at radius 1 is 0.837 bits per heavy atom. The molecule has 4 aromatic carbocycles. The van der Waals surface area contributed by atoms with Gasteiger partial charge in [-0.3, -0.25) is 4.55 Å². The Bertz CT molecular complexity index is 1760. The lowest BCUT2D eigenvalue weighted by atomic mass is 9.79. The van der Waals surface area contributed by atoms with Crippen LogP contribution in [0.3, 0.4) is 0 Å². The summed E-state index contributed by atoms with van der Waals surface area (Å²) < 4.78 is 61.7. The Hall–Kier alpha value is -4.00. The van der Waals surface area contributed by atoms with Gasteiger partial charge in [-0.1, -0.05) is 78.9 Å². The summed E-state index contributed by atoms with van der Waals surface area (Å²) in [5, 5.41) is 2.19. The van der Waals surface area contributed by atoms with E-state index in [0.29, 0.717) is 25.6 Å². The van der Waals surface area contributed by atoms with E-state index in [1.54, 1.807) is 20.8 Å². The van der Waals surface area contributed by atoms with Crippen molar-refractivity contribution in [1.29, 1.82) is 0 Å². The molecule has 0 bridgehead atoms. The molecule has 11 heteroatoms. The van der Waals surface area contributed by atoms with Gasteiger partial charge in [0.05, 0.1) is 45.7 Å². The molecule has 3 unspecified atom stereocenters. The Kier molecular flexibility index (Phi) is 12.3. The summed E-state index contributed by atoms with van der Waals surface area (Å²) in [6, 6.07) is 31.7. The first-order chi connectivity index (χ1) is 23.4. The molecule has 0 aliphatic carbocycles. The number of benzene rings is 4. The summed E-state index contributed by atoms with van der Waals surface area (Å²) in [6.07, 6.45) is -0.382. The van der Waals surface area contributed by atoms with Crippen LogP contribution in [0.25, 0.3) is 10.8 Å². The normalized spacial score (nSPS) is 18.4. The van der Waals surface area contributed by atoms with Crippen molar-refractivity contribution in [1.82, 2.24) is 4.90 Å². The average molecular weight is 692 g/mol. The van der Waals surface area contributed by atoms with Gasteiger partial charge in [0, 0.05) is 24.8 Å². The number of carbonyl (C=O) groups excluding carboxylic acids is 1. The number of rotatable bonds is 14. The van der Waals surface area contributed by atoms with Crippen LogP contribution < -0.4 is 4.74 Å². The largest absolute Gasteiger partial charge is 0.494 e. The molecular weight excluding hydrogens is 646 g/mol. The highest BCUT2D eigenvalue weighted by Gasteiger charge is 2.42. The molecule has 1 saturated heterocycles. The maximum Gasteiger partial charge on any atom is 0.410 e. The van der Waals surface area contributed by atoms with E-state index in [0.717, 1.165) is 33.9 Å². The van der Waals surface area contributed by atoms with E-state index < -0.39 is 34.1 Å². The van der Waals surface area contributed by atoms with Gasteiger partial charge in [0.25, 0.3) is 0 Å². The molecule has 49 heavy (non-hydrogen) atoms. The fraction of sp³-hybridized carbons (Fsp3) is 0.395. The van der Waals surface area contributed by atoms with Gasteiger partial charge >= 0.3 is 16.5 Å². The van der Waals surface area contributed by atoms with E-state index in [4.69, 9.17) is 23.1 Å². The monoisotopic (exact) mass is 691 g/mol. The number of amides is 1. The molecule has 1 aliphatic rings. The SMILES string of the molecule is CC(C)(C)OC(=O)N1CC(COS(=O)(=O)O)C(c2ccc(OCCCOCc3ccccc3)cc2)C(OCc2ccc3ccccc3c2)C1. The summed E-state index contributed by atoms with van der Waals surface area (Å²) in [6.45, 7) is 7.17. The van der Waals surface area contributed by atoms with Gasteiger partial charge < -0.3 is 23.8 Å². The fourth-order valence-electron chi connectivity index (χ4n) is 5.99. The number of carbonyl (C=O) groups is 1. The zero-order valence-corrected chi connectivity index (χ0v) is 29.0. The topological polar surface area (TPSA) is 121 Å². The highest BCUT2D eigenvalue weighted by molar-refractivity contribution is 7.80. The average Bonchev–Trinajstić information content (AvgIpc) is 3.07. The van der Waals surface area contributed by atoms with E-state index in [9.17, 15) is 17.8 Å². The summed E-state index contributed by atoms with van der Waals surface area (Å²) in [5.41, 5.74) is 2.19. The Balaban J connectivity index is 1.31. The van der Waals surface area contributed by atoms with E-state index >= 15 is 0 Å². The predicted molar refractivity (Wildman–Crippen MR) is 187 cm³/mol. The van der Waals surface area contributed by atoms with Crippen LogP contribution in [-0.4, -0.2) is 68.6 Å². The zero-order chi connectivity index (χ0) is 34.9. The number of likely N-dealkylation sites (tertiary alicyclic amines) is 1. The molecule has 262 valence electrons. The van der Waals surface area contributed by atoms with Gasteiger partial charge in [-0.15, -0.1) is 0 Å². The van der Waals surface area contributed by atoms with Crippen molar-refractivity contribution >= 4 is 27.3 Å². The number of nitrogens with zero attached hydrogens (tertiary/aromatic N) is 1. The number of hydrogen-bond acceptors (Lipinski definition) is 8. The lowest BCUT2D eigenvalue weighted by Crippen LogP contribution is -2.53. The highest BCUT2D eigenvalue weighted by Crippen LogP contribution is 2.37. The molecule has 3 atom stereocenters.